The Balaban J connectivity index is 1.87. The predicted octanol–water partition coefficient (Wildman–Crippen LogP) is 1.80. The van der Waals surface area contributed by atoms with Gasteiger partial charge in [0.15, 0.2) is 0 Å². The molecule has 2 heterocycles. The summed E-state index contributed by atoms with van der Waals surface area (Å²) < 4.78 is 9.40. The summed E-state index contributed by atoms with van der Waals surface area (Å²) in [6.45, 7) is 4.29. The summed E-state index contributed by atoms with van der Waals surface area (Å²) in [6, 6.07) is 3.44. The van der Waals surface area contributed by atoms with Crippen molar-refractivity contribution in [2.75, 3.05) is 6.61 Å². The number of carbonyl (C=O) groups excluding carboxylic acids is 1. The second-order valence-electron chi connectivity index (χ2n) is 5.71. The minimum Gasteiger partial charge on any atom is -0.493 e. The van der Waals surface area contributed by atoms with Gasteiger partial charge in [0.2, 0.25) is 11.7 Å². The van der Waals surface area contributed by atoms with Crippen molar-refractivity contribution in [3.05, 3.63) is 45.3 Å². The Morgan fingerprint density at radius 1 is 1.35 bits per heavy atom. The van der Waals surface area contributed by atoms with Gasteiger partial charge >= 0.3 is 0 Å². The molecule has 0 atom stereocenters. The number of halogens is 1. The van der Waals surface area contributed by atoms with Crippen LogP contribution >= 0.6 is 15.9 Å². The molecule has 0 radical (unpaired) electrons. The number of aromatic nitrogens is 6. The number of hydrogen-bond acceptors (Lipinski definition) is 7. The molecule has 2 aromatic heterocycles. The third kappa shape index (κ3) is 3.32. The summed E-state index contributed by atoms with van der Waals surface area (Å²) in [5.74, 6) is 0.101. The molecule has 9 nitrogen and oxygen atoms in total. The highest BCUT2D eigenvalue weighted by Gasteiger charge is 2.24. The van der Waals surface area contributed by atoms with Gasteiger partial charge in [-0.3, -0.25) is 4.79 Å². The third-order valence-electron chi connectivity index (χ3n) is 3.98. The first-order valence-corrected chi connectivity index (χ1v) is 8.59. The zero-order chi connectivity index (χ0) is 18.8. The van der Waals surface area contributed by atoms with E-state index in [0.29, 0.717) is 35.7 Å². The topological polar surface area (TPSA) is 108 Å². The minimum absolute atomic E-state index is 0.157. The molecule has 0 saturated carbocycles. The molecule has 0 fully saturated rings. The van der Waals surface area contributed by atoms with Gasteiger partial charge in [-0.1, -0.05) is 0 Å². The van der Waals surface area contributed by atoms with E-state index < -0.39 is 0 Å². The van der Waals surface area contributed by atoms with Crippen molar-refractivity contribution in [3.63, 3.8) is 0 Å². The van der Waals surface area contributed by atoms with Gasteiger partial charge < -0.3 is 9.84 Å². The summed E-state index contributed by atoms with van der Waals surface area (Å²) in [7, 11) is 1.58. The van der Waals surface area contributed by atoms with E-state index in [-0.39, 0.29) is 17.2 Å². The van der Waals surface area contributed by atoms with Crippen LogP contribution in [0.15, 0.2) is 22.9 Å². The number of carbonyl (C=O) groups is 1. The van der Waals surface area contributed by atoms with Crippen molar-refractivity contribution >= 4 is 21.7 Å². The molecular weight excluding hydrogens is 404 g/mol. The highest BCUT2D eigenvalue weighted by atomic mass is 79.9. The van der Waals surface area contributed by atoms with Crippen LogP contribution in [0, 0.1) is 13.8 Å². The quantitative estimate of drug-likeness (QED) is 0.605. The van der Waals surface area contributed by atoms with Crippen LogP contribution in [0.4, 0.5) is 0 Å². The molecule has 3 rings (SSSR count). The number of ether oxygens (including phenoxy) is 1. The molecular formula is C16H17BrN6O3. The first-order chi connectivity index (χ1) is 12.4. The minimum atomic E-state index is -0.302. The Hall–Kier alpha value is -2.75. The zero-order valence-electron chi connectivity index (χ0n) is 14.5. The van der Waals surface area contributed by atoms with Gasteiger partial charge in [0, 0.05) is 18.2 Å². The number of rotatable bonds is 6. The number of aryl methyl sites for hydroxylation is 2. The number of nitrogens with zero attached hydrogens (tertiary/aromatic N) is 6. The van der Waals surface area contributed by atoms with Crippen LogP contribution in [0.1, 0.15) is 27.2 Å². The molecule has 0 amide bonds. The monoisotopic (exact) mass is 420 g/mol. The van der Waals surface area contributed by atoms with Gasteiger partial charge in [-0.05, 0) is 52.3 Å². The molecule has 0 unspecified atom stereocenters. The fraction of sp³-hybridized carbons (Fsp3) is 0.312. The van der Waals surface area contributed by atoms with Gasteiger partial charge in [-0.15, -0.1) is 5.10 Å². The van der Waals surface area contributed by atoms with E-state index >= 15 is 0 Å². The molecule has 10 heteroatoms. The van der Waals surface area contributed by atoms with Crippen molar-refractivity contribution < 1.29 is 14.6 Å². The maximum atomic E-state index is 12.9. The molecule has 0 bridgehead atoms. The van der Waals surface area contributed by atoms with E-state index in [4.69, 9.17) is 4.74 Å². The molecule has 136 valence electrons. The number of ketones is 1. The van der Waals surface area contributed by atoms with Gasteiger partial charge in [-0.2, -0.15) is 5.10 Å². The van der Waals surface area contributed by atoms with E-state index in [0.717, 1.165) is 4.47 Å². The smallest absolute Gasteiger partial charge is 0.220 e. The molecule has 0 spiro atoms. The maximum absolute atomic E-state index is 12.9. The Kier molecular flexibility index (Phi) is 5.03. The van der Waals surface area contributed by atoms with Crippen molar-refractivity contribution in [1.29, 1.82) is 0 Å². The number of benzene rings is 1. The standard InChI is InChI=1S/C16H17BrN6O3/c1-9-11(14(24)13-10(2)19-22(3)16(13)25)4-5-12(17)15(9)26-7-6-23-8-18-20-21-23/h4-5,8,25H,6-7H2,1-3H3. The summed E-state index contributed by atoms with van der Waals surface area (Å²) in [6.07, 6.45) is 1.50. The molecule has 0 aliphatic carbocycles. The number of aromatic hydroxyl groups is 1. The fourth-order valence-electron chi connectivity index (χ4n) is 2.65. The lowest BCUT2D eigenvalue weighted by atomic mass is 9.98. The largest absolute Gasteiger partial charge is 0.493 e. The van der Waals surface area contributed by atoms with E-state index in [2.05, 4.69) is 36.6 Å². The fourth-order valence-corrected chi connectivity index (χ4v) is 3.20. The summed E-state index contributed by atoms with van der Waals surface area (Å²) in [4.78, 5) is 12.9. The lowest BCUT2D eigenvalue weighted by Gasteiger charge is -2.14. The summed E-state index contributed by atoms with van der Waals surface area (Å²) in [5, 5.41) is 25.1. The van der Waals surface area contributed by atoms with Crippen LogP contribution in [-0.4, -0.2) is 47.5 Å². The molecule has 0 aliphatic rings. The van der Waals surface area contributed by atoms with E-state index in [1.54, 1.807) is 37.7 Å². The average Bonchev–Trinajstić information content (AvgIpc) is 3.19. The Labute approximate surface area is 157 Å². The van der Waals surface area contributed by atoms with Crippen LogP contribution in [0.2, 0.25) is 0 Å². The molecule has 0 saturated heterocycles. The van der Waals surface area contributed by atoms with Crippen LogP contribution in [0.3, 0.4) is 0 Å². The molecule has 3 aromatic rings. The van der Waals surface area contributed by atoms with Crippen molar-refractivity contribution in [2.24, 2.45) is 7.05 Å². The molecule has 0 aliphatic heterocycles. The molecule has 1 aromatic carbocycles. The predicted molar refractivity (Wildman–Crippen MR) is 95.2 cm³/mol. The normalized spacial score (nSPS) is 10.9. The molecule has 1 N–H and O–H groups in total. The maximum Gasteiger partial charge on any atom is 0.220 e. The Morgan fingerprint density at radius 3 is 2.73 bits per heavy atom. The third-order valence-corrected chi connectivity index (χ3v) is 4.60. The second kappa shape index (κ2) is 7.24. The lowest BCUT2D eigenvalue weighted by molar-refractivity contribution is 0.103. The lowest BCUT2D eigenvalue weighted by Crippen LogP contribution is -2.11. The van der Waals surface area contributed by atoms with Crippen LogP contribution < -0.4 is 4.74 Å². The SMILES string of the molecule is Cc1nn(C)c(O)c1C(=O)c1ccc(Br)c(OCCn2cnnn2)c1C. The summed E-state index contributed by atoms with van der Waals surface area (Å²) >= 11 is 3.45. The van der Waals surface area contributed by atoms with Gasteiger partial charge in [-0.25, -0.2) is 9.36 Å². The average molecular weight is 421 g/mol. The highest BCUT2D eigenvalue weighted by Crippen LogP contribution is 2.33. The van der Waals surface area contributed by atoms with Crippen LogP contribution in [0.25, 0.3) is 0 Å². The van der Waals surface area contributed by atoms with Crippen molar-refractivity contribution in [1.82, 2.24) is 30.0 Å². The van der Waals surface area contributed by atoms with Crippen molar-refractivity contribution in [2.45, 2.75) is 20.4 Å². The highest BCUT2D eigenvalue weighted by molar-refractivity contribution is 9.10. The van der Waals surface area contributed by atoms with E-state index in [1.807, 2.05) is 0 Å². The first kappa shape index (κ1) is 18.1. The van der Waals surface area contributed by atoms with E-state index in [1.165, 1.54) is 11.0 Å². The number of tetrazole rings is 1. The van der Waals surface area contributed by atoms with Gasteiger partial charge in [0.1, 0.15) is 24.2 Å². The first-order valence-electron chi connectivity index (χ1n) is 7.80. The Morgan fingerprint density at radius 2 is 2.12 bits per heavy atom. The number of hydrogen-bond donors (Lipinski definition) is 1. The second-order valence-corrected chi connectivity index (χ2v) is 6.56. The van der Waals surface area contributed by atoms with Gasteiger partial charge in [0.25, 0.3) is 0 Å². The van der Waals surface area contributed by atoms with Gasteiger partial charge in [0.05, 0.1) is 16.7 Å². The summed E-state index contributed by atoms with van der Waals surface area (Å²) in [5.41, 5.74) is 1.77. The molecule has 26 heavy (non-hydrogen) atoms. The van der Waals surface area contributed by atoms with E-state index in [9.17, 15) is 9.90 Å². The zero-order valence-corrected chi connectivity index (χ0v) is 16.1. The van der Waals surface area contributed by atoms with Crippen LogP contribution in [0.5, 0.6) is 11.6 Å². The van der Waals surface area contributed by atoms with Crippen molar-refractivity contribution in [3.8, 4) is 11.6 Å². The Bertz CT molecular complexity index is 952. The van der Waals surface area contributed by atoms with Crippen LogP contribution in [-0.2, 0) is 13.6 Å².